The third-order valence-corrected chi connectivity index (χ3v) is 3.27. The van der Waals surface area contributed by atoms with Crippen molar-refractivity contribution in [1.82, 2.24) is 5.32 Å². The molecule has 0 bridgehead atoms. The maximum atomic E-state index is 11.9. The second-order valence-corrected chi connectivity index (χ2v) is 4.68. The molecule has 1 rings (SSSR count). The van der Waals surface area contributed by atoms with E-state index >= 15 is 0 Å². The first-order valence-corrected chi connectivity index (χ1v) is 5.82. The number of hydrogen-bond donors (Lipinski definition) is 2. The monoisotopic (exact) mass is 267 g/mol. The molecule has 0 aromatic rings. The molecule has 0 atom stereocenters. The molecule has 0 unspecified atom stereocenters. The molecule has 0 spiro atoms. The maximum absolute atomic E-state index is 11.9. The van der Waals surface area contributed by atoms with Crippen LogP contribution in [0.15, 0.2) is 0 Å². The summed E-state index contributed by atoms with van der Waals surface area (Å²) in [6, 6.07) is 0. The Morgan fingerprint density at radius 3 is 2.22 bits per heavy atom. The SMILES string of the molecule is O=C(CCC(F)(F)F)NCC1(C(=O)O)CCCC1. The van der Waals surface area contributed by atoms with E-state index in [0.29, 0.717) is 12.8 Å². The first-order valence-electron chi connectivity index (χ1n) is 5.82. The number of amides is 1. The average molecular weight is 267 g/mol. The molecule has 1 amide bonds. The van der Waals surface area contributed by atoms with E-state index in [-0.39, 0.29) is 6.54 Å². The second kappa shape index (κ2) is 5.58. The smallest absolute Gasteiger partial charge is 0.389 e. The van der Waals surface area contributed by atoms with Crippen molar-refractivity contribution in [2.45, 2.75) is 44.7 Å². The molecule has 1 saturated carbocycles. The van der Waals surface area contributed by atoms with Crippen LogP contribution in [0.5, 0.6) is 0 Å². The Balaban J connectivity index is 2.39. The summed E-state index contributed by atoms with van der Waals surface area (Å²) in [7, 11) is 0. The molecule has 2 N–H and O–H groups in total. The molecule has 18 heavy (non-hydrogen) atoms. The van der Waals surface area contributed by atoms with Gasteiger partial charge in [0.05, 0.1) is 11.8 Å². The Morgan fingerprint density at radius 2 is 1.78 bits per heavy atom. The van der Waals surface area contributed by atoms with Crippen molar-refractivity contribution in [3.63, 3.8) is 0 Å². The highest BCUT2D eigenvalue weighted by atomic mass is 19.4. The Labute approximate surface area is 103 Å². The van der Waals surface area contributed by atoms with Gasteiger partial charge in [0, 0.05) is 13.0 Å². The van der Waals surface area contributed by atoms with Gasteiger partial charge in [0.2, 0.25) is 5.91 Å². The molecular formula is C11H16F3NO3. The third kappa shape index (κ3) is 4.19. The van der Waals surface area contributed by atoms with Crippen LogP contribution in [0.3, 0.4) is 0 Å². The zero-order valence-corrected chi connectivity index (χ0v) is 9.85. The summed E-state index contributed by atoms with van der Waals surface area (Å²) in [6.07, 6.45) is -3.74. The van der Waals surface area contributed by atoms with Gasteiger partial charge in [-0.3, -0.25) is 9.59 Å². The van der Waals surface area contributed by atoms with Crippen LogP contribution in [0.4, 0.5) is 13.2 Å². The largest absolute Gasteiger partial charge is 0.481 e. The van der Waals surface area contributed by atoms with E-state index in [1.165, 1.54) is 0 Å². The molecule has 0 aromatic heterocycles. The van der Waals surface area contributed by atoms with Gasteiger partial charge in [-0.25, -0.2) is 0 Å². The fraction of sp³-hybridized carbons (Fsp3) is 0.818. The fourth-order valence-electron chi connectivity index (χ4n) is 2.13. The predicted molar refractivity (Wildman–Crippen MR) is 56.8 cm³/mol. The topological polar surface area (TPSA) is 66.4 Å². The summed E-state index contributed by atoms with van der Waals surface area (Å²) in [5.41, 5.74) is -0.992. The lowest BCUT2D eigenvalue weighted by atomic mass is 9.86. The van der Waals surface area contributed by atoms with Crippen LogP contribution < -0.4 is 5.32 Å². The van der Waals surface area contributed by atoms with Crippen LogP contribution in [0.1, 0.15) is 38.5 Å². The Morgan fingerprint density at radius 1 is 1.22 bits per heavy atom. The predicted octanol–water partition coefficient (Wildman–Crippen LogP) is 2.09. The van der Waals surface area contributed by atoms with Gasteiger partial charge in [0.1, 0.15) is 0 Å². The van der Waals surface area contributed by atoms with Gasteiger partial charge in [-0.2, -0.15) is 13.2 Å². The van der Waals surface area contributed by atoms with E-state index in [4.69, 9.17) is 5.11 Å². The molecule has 0 aromatic carbocycles. The summed E-state index contributed by atoms with van der Waals surface area (Å²) < 4.78 is 35.7. The zero-order valence-electron chi connectivity index (χ0n) is 9.85. The van der Waals surface area contributed by atoms with E-state index in [9.17, 15) is 22.8 Å². The van der Waals surface area contributed by atoms with Crippen LogP contribution in [0, 0.1) is 5.41 Å². The van der Waals surface area contributed by atoms with E-state index in [1.54, 1.807) is 0 Å². The number of alkyl halides is 3. The van der Waals surface area contributed by atoms with Crippen molar-refractivity contribution in [1.29, 1.82) is 0 Å². The highest BCUT2D eigenvalue weighted by Gasteiger charge is 2.41. The first-order chi connectivity index (χ1) is 8.25. The minimum absolute atomic E-state index is 0.0843. The Hall–Kier alpha value is -1.27. The molecular weight excluding hydrogens is 251 g/mol. The minimum Gasteiger partial charge on any atom is -0.481 e. The average Bonchev–Trinajstić information content (AvgIpc) is 2.72. The van der Waals surface area contributed by atoms with Gasteiger partial charge in [-0.1, -0.05) is 12.8 Å². The third-order valence-electron chi connectivity index (χ3n) is 3.27. The number of nitrogens with one attached hydrogen (secondary N) is 1. The number of carbonyl (C=O) groups excluding carboxylic acids is 1. The van der Waals surface area contributed by atoms with Crippen molar-refractivity contribution >= 4 is 11.9 Å². The Bertz CT molecular complexity index is 322. The molecule has 1 aliphatic rings. The number of rotatable bonds is 5. The van der Waals surface area contributed by atoms with Gasteiger partial charge in [-0.15, -0.1) is 0 Å². The summed E-state index contributed by atoms with van der Waals surface area (Å²) in [6.45, 7) is -0.0843. The van der Waals surface area contributed by atoms with E-state index < -0.39 is 36.3 Å². The van der Waals surface area contributed by atoms with Crippen LogP contribution in [0.2, 0.25) is 0 Å². The molecule has 0 saturated heterocycles. The van der Waals surface area contributed by atoms with Gasteiger partial charge < -0.3 is 10.4 Å². The molecule has 0 heterocycles. The number of carbonyl (C=O) groups is 2. The minimum atomic E-state index is -4.37. The summed E-state index contributed by atoms with van der Waals surface area (Å²) >= 11 is 0. The lowest BCUT2D eigenvalue weighted by molar-refractivity contribution is -0.149. The maximum Gasteiger partial charge on any atom is 0.389 e. The number of carboxylic acids is 1. The molecule has 1 aliphatic carbocycles. The number of aliphatic carboxylic acids is 1. The van der Waals surface area contributed by atoms with Crippen LogP contribution in [-0.2, 0) is 9.59 Å². The highest BCUT2D eigenvalue weighted by molar-refractivity contribution is 5.79. The van der Waals surface area contributed by atoms with Crippen molar-refractivity contribution in [3.8, 4) is 0 Å². The quantitative estimate of drug-likeness (QED) is 0.801. The number of hydrogen-bond acceptors (Lipinski definition) is 2. The normalized spacial score (nSPS) is 18.6. The van der Waals surface area contributed by atoms with E-state index in [0.717, 1.165) is 12.8 Å². The molecule has 7 heteroatoms. The lowest BCUT2D eigenvalue weighted by Gasteiger charge is -2.24. The summed E-state index contributed by atoms with van der Waals surface area (Å²) in [5, 5.41) is 11.4. The zero-order chi connectivity index (χ0) is 13.8. The first kappa shape index (κ1) is 14.8. The molecule has 0 aliphatic heterocycles. The van der Waals surface area contributed by atoms with E-state index in [1.807, 2.05) is 0 Å². The Kier molecular flexibility index (Phi) is 4.59. The summed E-state index contributed by atoms with van der Waals surface area (Å²) in [4.78, 5) is 22.3. The van der Waals surface area contributed by atoms with E-state index in [2.05, 4.69) is 5.32 Å². The molecule has 1 fully saturated rings. The van der Waals surface area contributed by atoms with Crippen molar-refractivity contribution in [2.24, 2.45) is 5.41 Å². The molecule has 4 nitrogen and oxygen atoms in total. The highest BCUT2D eigenvalue weighted by Crippen LogP contribution is 2.37. The van der Waals surface area contributed by atoms with Crippen molar-refractivity contribution < 1.29 is 27.9 Å². The lowest BCUT2D eigenvalue weighted by Crippen LogP contribution is -2.41. The van der Waals surface area contributed by atoms with Crippen LogP contribution in [0.25, 0.3) is 0 Å². The van der Waals surface area contributed by atoms with Gasteiger partial charge >= 0.3 is 12.1 Å². The van der Waals surface area contributed by atoms with Crippen LogP contribution in [-0.4, -0.2) is 29.7 Å². The van der Waals surface area contributed by atoms with Crippen molar-refractivity contribution in [2.75, 3.05) is 6.54 Å². The van der Waals surface area contributed by atoms with Crippen molar-refractivity contribution in [3.05, 3.63) is 0 Å². The molecule has 0 radical (unpaired) electrons. The standard InChI is InChI=1S/C11H16F3NO3/c12-11(13,14)6-3-8(16)15-7-10(9(17)18)4-1-2-5-10/h1-7H2,(H,15,16)(H,17,18). The number of carboxylic acid groups (broad SMARTS) is 1. The van der Waals surface area contributed by atoms with Crippen LogP contribution >= 0.6 is 0 Å². The number of halogens is 3. The fourth-order valence-corrected chi connectivity index (χ4v) is 2.13. The van der Waals surface area contributed by atoms with Gasteiger partial charge in [0.25, 0.3) is 0 Å². The summed E-state index contributed by atoms with van der Waals surface area (Å²) in [5.74, 6) is -1.74. The van der Waals surface area contributed by atoms with Gasteiger partial charge in [0.15, 0.2) is 0 Å². The molecule has 104 valence electrons. The van der Waals surface area contributed by atoms with Gasteiger partial charge in [-0.05, 0) is 12.8 Å². The second-order valence-electron chi connectivity index (χ2n) is 4.68.